The van der Waals surface area contributed by atoms with E-state index in [2.05, 4.69) is 23.2 Å². The Morgan fingerprint density at radius 1 is 1.17 bits per heavy atom. The van der Waals surface area contributed by atoms with Gasteiger partial charge in [-0.05, 0) is 48.6 Å². The first-order valence-electron chi connectivity index (χ1n) is 8.16. The molecule has 3 rings (SSSR count). The zero-order chi connectivity index (χ0) is 16.1. The van der Waals surface area contributed by atoms with Crippen molar-refractivity contribution in [1.29, 1.82) is 0 Å². The molecular formula is C19H23NO2S. The molecule has 1 aromatic heterocycles. The third-order valence-corrected chi connectivity index (χ3v) is 5.53. The van der Waals surface area contributed by atoms with Gasteiger partial charge in [0.25, 0.3) is 0 Å². The van der Waals surface area contributed by atoms with Crippen LogP contribution in [0.25, 0.3) is 0 Å². The van der Waals surface area contributed by atoms with E-state index in [0.717, 1.165) is 34.9 Å². The minimum atomic E-state index is -0.405. The van der Waals surface area contributed by atoms with Gasteiger partial charge in [0.05, 0.1) is 18.9 Å². The summed E-state index contributed by atoms with van der Waals surface area (Å²) in [5.74, 6) is 2.17. The summed E-state index contributed by atoms with van der Waals surface area (Å²) in [5.41, 5.74) is 2.07. The summed E-state index contributed by atoms with van der Waals surface area (Å²) in [6, 6.07) is 12.2. The van der Waals surface area contributed by atoms with Gasteiger partial charge in [0, 0.05) is 16.8 Å². The molecule has 1 fully saturated rings. The molecule has 1 aliphatic rings. The smallest absolute Gasteiger partial charge is 0.118 e. The largest absolute Gasteiger partial charge is 0.497 e. The van der Waals surface area contributed by atoms with Gasteiger partial charge in [-0.25, -0.2) is 0 Å². The molecule has 1 atom stereocenters. The van der Waals surface area contributed by atoms with E-state index in [9.17, 15) is 5.11 Å². The number of nitrogens with zero attached hydrogens (tertiary/aromatic N) is 1. The number of aliphatic hydroxyl groups is 1. The zero-order valence-electron chi connectivity index (χ0n) is 13.4. The van der Waals surface area contributed by atoms with E-state index in [1.54, 1.807) is 18.9 Å². The molecule has 0 aliphatic heterocycles. The Bertz CT molecular complexity index is 606. The number of aromatic nitrogens is 1. The van der Waals surface area contributed by atoms with Crippen LogP contribution in [0.5, 0.6) is 5.75 Å². The number of aliphatic hydroxyl groups excluding tert-OH is 1. The molecule has 1 N–H and O–H groups in total. The van der Waals surface area contributed by atoms with Crippen LogP contribution in [-0.4, -0.2) is 17.2 Å². The lowest BCUT2D eigenvalue weighted by Gasteiger charge is -2.17. The molecule has 1 unspecified atom stereocenters. The number of rotatable bonds is 6. The zero-order valence-corrected chi connectivity index (χ0v) is 14.3. The Morgan fingerprint density at radius 2 is 1.91 bits per heavy atom. The summed E-state index contributed by atoms with van der Waals surface area (Å²) in [5, 5.41) is 10.4. The van der Waals surface area contributed by atoms with Gasteiger partial charge in [0.1, 0.15) is 5.75 Å². The first kappa shape index (κ1) is 16.3. The van der Waals surface area contributed by atoms with Crippen molar-refractivity contribution in [3.05, 3.63) is 53.9 Å². The summed E-state index contributed by atoms with van der Waals surface area (Å²) < 4.78 is 5.17. The van der Waals surface area contributed by atoms with E-state index in [0.29, 0.717) is 5.92 Å². The van der Waals surface area contributed by atoms with Crippen molar-refractivity contribution < 1.29 is 9.84 Å². The first-order chi connectivity index (χ1) is 11.3. The Labute approximate surface area is 142 Å². The number of benzene rings is 1. The van der Waals surface area contributed by atoms with Gasteiger partial charge >= 0.3 is 0 Å². The molecule has 0 spiro atoms. The topological polar surface area (TPSA) is 42.4 Å². The van der Waals surface area contributed by atoms with Gasteiger partial charge in [-0.15, -0.1) is 11.8 Å². The fourth-order valence-electron chi connectivity index (χ4n) is 3.06. The second kappa shape index (κ2) is 7.84. The number of pyridine rings is 1. The second-order valence-corrected chi connectivity index (χ2v) is 7.09. The Morgan fingerprint density at radius 3 is 2.52 bits per heavy atom. The summed E-state index contributed by atoms with van der Waals surface area (Å²) >= 11 is 1.75. The fraction of sp³-hybridized carbons (Fsp3) is 0.421. The molecule has 1 heterocycles. The monoisotopic (exact) mass is 329 g/mol. The molecule has 1 aliphatic carbocycles. The lowest BCUT2D eigenvalue weighted by molar-refractivity contribution is 0.107. The molecule has 23 heavy (non-hydrogen) atoms. The highest BCUT2D eigenvalue weighted by molar-refractivity contribution is 7.98. The van der Waals surface area contributed by atoms with Crippen LogP contribution in [-0.2, 0) is 5.75 Å². The summed E-state index contributed by atoms with van der Waals surface area (Å²) in [6.45, 7) is 0. The van der Waals surface area contributed by atoms with Crippen molar-refractivity contribution in [2.24, 2.45) is 5.92 Å². The van der Waals surface area contributed by atoms with Gasteiger partial charge in [-0.2, -0.15) is 0 Å². The molecule has 3 nitrogen and oxygen atoms in total. The van der Waals surface area contributed by atoms with Gasteiger partial charge in [0.15, 0.2) is 0 Å². The standard InChI is InChI=1S/C19H23NO2S/c1-22-16-8-6-14(7-9-16)13-23-17-10-11-18(20-12-17)19(21)15-4-2-3-5-15/h6-12,15,19,21H,2-5,13H2,1H3. The van der Waals surface area contributed by atoms with Crippen LogP contribution in [0.15, 0.2) is 47.5 Å². The molecule has 4 heteroatoms. The minimum Gasteiger partial charge on any atom is -0.497 e. The highest BCUT2D eigenvalue weighted by Gasteiger charge is 2.25. The SMILES string of the molecule is COc1ccc(CSc2ccc(C(O)C3CCCC3)nc2)cc1. The fourth-order valence-corrected chi connectivity index (χ4v) is 3.87. The van der Waals surface area contributed by atoms with Crippen LogP contribution in [0.4, 0.5) is 0 Å². The molecular weight excluding hydrogens is 306 g/mol. The second-order valence-electron chi connectivity index (χ2n) is 6.04. The third kappa shape index (κ3) is 4.27. The highest BCUT2D eigenvalue weighted by Crippen LogP contribution is 2.35. The number of ether oxygens (including phenoxy) is 1. The maximum Gasteiger partial charge on any atom is 0.118 e. The maximum absolute atomic E-state index is 10.4. The van der Waals surface area contributed by atoms with Gasteiger partial charge in [-0.1, -0.05) is 25.0 Å². The van der Waals surface area contributed by atoms with Gasteiger partial charge < -0.3 is 9.84 Å². The van der Waals surface area contributed by atoms with E-state index in [1.807, 2.05) is 24.4 Å². The van der Waals surface area contributed by atoms with Crippen LogP contribution < -0.4 is 4.74 Å². The maximum atomic E-state index is 10.4. The summed E-state index contributed by atoms with van der Waals surface area (Å²) in [4.78, 5) is 5.60. The van der Waals surface area contributed by atoms with E-state index < -0.39 is 6.10 Å². The number of thioether (sulfide) groups is 1. The predicted octanol–water partition coefficient (Wildman–Crippen LogP) is 4.61. The van der Waals surface area contributed by atoms with Crippen molar-refractivity contribution in [2.45, 2.75) is 42.4 Å². The van der Waals surface area contributed by atoms with Crippen LogP contribution >= 0.6 is 11.8 Å². The quantitative estimate of drug-likeness (QED) is 0.786. The van der Waals surface area contributed by atoms with Crippen LogP contribution in [0, 0.1) is 5.92 Å². The van der Waals surface area contributed by atoms with Crippen molar-refractivity contribution in [1.82, 2.24) is 4.98 Å². The molecule has 0 radical (unpaired) electrons. The van der Waals surface area contributed by atoms with E-state index in [-0.39, 0.29) is 0 Å². The number of hydrogen-bond acceptors (Lipinski definition) is 4. The molecule has 0 bridgehead atoms. The van der Waals surface area contributed by atoms with Crippen LogP contribution in [0.3, 0.4) is 0 Å². The van der Waals surface area contributed by atoms with Crippen LogP contribution in [0.1, 0.15) is 43.0 Å². The van der Waals surface area contributed by atoms with Crippen LogP contribution in [0.2, 0.25) is 0 Å². The highest BCUT2D eigenvalue weighted by atomic mass is 32.2. The lowest BCUT2D eigenvalue weighted by atomic mass is 9.98. The molecule has 1 aromatic carbocycles. The van der Waals surface area contributed by atoms with E-state index in [1.165, 1.54) is 18.4 Å². The molecule has 0 amide bonds. The van der Waals surface area contributed by atoms with Crippen molar-refractivity contribution in [3.8, 4) is 5.75 Å². The minimum absolute atomic E-state index is 0.389. The average Bonchev–Trinajstić information content (AvgIpc) is 3.15. The van der Waals surface area contributed by atoms with Crippen molar-refractivity contribution in [2.75, 3.05) is 7.11 Å². The number of hydrogen-bond donors (Lipinski definition) is 1. The number of methoxy groups -OCH3 is 1. The van der Waals surface area contributed by atoms with E-state index in [4.69, 9.17) is 4.74 Å². The molecule has 2 aromatic rings. The Hall–Kier alpha value is -1.52. The normalized spacial score (nSPS) is 16.4. The van der Waals surface area contributed by atoms with Crippen molar-refractivity contribution in [3.63, 3.8) is 0 Å². The van der Waals surface area contributed by atoms with E-state index >= 15 is 0 Å². The Kier molecular flexibility index (Phi) is 5.57. The Balaban J connectivity index is 1.56. The first-order valence-corrected chi connectivity index (χ1v) is 9.14. The lowest BCUT2D eigenvalue weighted by Crippen LogP contribution is -2.10. The average molecular weight is 329 g/mol. The summed E-state index contributed by atoms with van der Waals surface area (Å²) in [6.07, 6.45) is 6.18. The van der Waals surface area contributed by atoms with Crippen molar-refractivity contribution >= 4 is 11.8 Å². The van der Waals surface area contributed by atoms with Gasteiger partial charge in [-0.3, -0.25) is 4.98 Å². The molecule has 1 saturated carbocycles. The predicted molar refractivity (Wildman–Crippen MR) is 93.7 cm³/mol. The third-order valence-electron chi connectivity index (χ3n) is 4.47. The molecule has 0 saturated heterocycles. The summed E-state index contributed by atoms with van der Waals surface area (Å²) in [7, 11) is 1.68. The molecule has 122 valence electrons. The van der Waals surface area contributed by atoms with Gasteiger partial charge in [0.2, 0.25) is 0 Å².